The topological polar surface area (TPSA) is 118 Å². The van der Waals surface area contributed by atoms with E-state index in [0.29, 0.717) is 10.3 Å². The van der Waals surface area contributed by atoms with Crippen LogP contribution in [0.4, 0.5) is 8.78 Å². The summed E-state index contributed by atoms with van der Waals surface area (Å²) in [6.45, 7) is 5.66. The van der Waals surface area contributed by atoms with Crippen LogP contribution in [0.25, 0.3) is 0 Å². The summed E-state index contributed by atoms with van der Waals surface area (Å²) in [5, 5.41) is 2.29. The lowest BCUT2D eigenvalue weighted by molar-refractivity contribution is -0.149. The summed E-state index contributed by atoms with van der Waals surface area (Å²) >= 11 is 0. The van der Waals surface area contributed by atoms with Crippen molar-refractivity contribution in [2.45, 2.75) is 64.2 Å². The van der Waals surface area contributed by atoms with Crippen molar-refractivity contribution >= 4 is 13.7 Å². The number of esters is 1. The molecule has 10 nitrogen and oxygen atoms in total. The van der Waals surface area contributed by atoms with Crippen LogP contribution in [0.5, 0.6) is 0 Å². The Kier molecular flexibility index (Phi) is 5.94. The fourth-order valence-electron chi connectivity index (χ4n) is 2.95. The maximum absolute atomic E-state index is 15.0. The average Bonchev–Trinajstić information content (AvgIpc) is 2.85. The Bertz CT molecular complexity index is 894. The van der Waals surface area contributed by atoms with Gasteiger partial charge in [0.05, 0.1) is 12.7 Å². The van der Waals surface area contributed by atoms with Crippen LogP contribution in [0.15, 0.2) is 17.1 Å². The number of aromatic nitrogens is 2. The zero-order valence-corrected chi connectivity index (χ0v) is 17.1. The van der Waals surface area contributed by atoms with E-state index in [1.807, 2.05) is 0 Å². The van der Waals surface area contributed by atoms with E-state index in [1.165, 1.54) is 13.0 Å². The van der Waals surface area contributed by atoms with E-state index in [4.69, 9.17) is 18.5 Å². The standard InChI is InChI=1S/C16H22F2N3O7P/c1-8(2)26-13(22)10(4)20-29(24)25-7-11-12(28-29)16(17,18)14(27-11)21-6-5-9(3)19-15(21)23/h5-6,8,10-12,14H,7H2,1-4H3,(H,20,24)/t10-,11-,12-,14-,29?/m1/s1. The van der Waals surface area contributed by atoms with Crippen LogP contribution in [0.1, 0.15) is 32.7 Å². The van der Waals surface area contributed by atoms with Crippen LogP contribution < -0.4 is 10.8 Å². The molecule has 1 N–H and O–H groups in total. The van der Waals surface area contributed by atoms with Crippen LogP contribution in [0.2, 0.25) is 0 Å². The van der Waals surface area contributed by atoms with Gasteiger partial charge in [-0.25, -0.2) is 14.4 Å². The third kappa shape index (κ3) is 4.41. The molecule has 2 saturated heterocycles. The molecule has 5 atom stereocenters. The van der Waals surface area contributed by atoms with E-state index in [0.717, 1.165) is 6.20 Å². The molecule has 1 unspecified atom stereocenters. The van der Waals surface area contributed by atoms with Gasteiger partial charge in [0.15, 0.2) is 6.10 Å². The number of rotatable bonds is 5. The molecule has 0 aliphatic carbocycles. The molecule has 2 fully saturated rings. The van der Waals surface area contributed by atoms with E-state index < -0.39 is 62.5 Å². The number of carbonyl (C=O) groups excluding carboxylic acids is 1. The molecule has 3 heterocycles. The van der Waals surface area contributed by atoms with E-state index in [1.54, 1.807) is 20.8 Å². The maximum atomic E-state index is 15.0. The van der Waals surface area contributed by atoms with Gasteiger partial charge in [0, 0.05) is 11.9 Å². The Labute approximate surface area is 165 Å². The van der Waals surface area contributed by atoms with Crippen molar-refractivity contribution in [3.05, 3.63) is 28.4 Å². The number of hydrogen-bond donors (Lipinski definition) is 1. The normalized spacial score (nSPS) is 32.0. The molecule has 3 rings (SSSR count). The molecule has 1 aromatic heterocycles. The van der Waals surface area contributed by atoms with Crippen molar-refractivity contribution < 1.29 is 36.7 Å². The van der Waals surface area contributed by atoms with Crippen LogP contribution >= 0.6 is 7.75 Å². The molecule has 29 heavy (non-hydrogen) atoms. The summed E-state index contributed by atoms with van der Waals surface area (Å²) in [7, 11) is -4.27. The Hall–Kier alpha value is -1.72. The molecule has 13 heteroatoms. The Morgan fingerprint density at radius 2 is 2.14 bits per heavy atom. The van der Waals surface area contributed by atoms with Gasteiger partial charge < -0.3 is 9.47 Å². The Morgan fingerprint density at radius 1 is 1.45 bits per heavy atom. The molecule has 0 amide bonds. The van der Waals surface area contributed by atoms with Crippen molar-refractivity contribution in [2.75, 3.05) is 6.61 Å². The summed E-state index contributed by atoms with van der Waals surface area (Å²) < 4.78 is 63.8. The molecule has 0 aromatic carbocycles. The number of carbonyl (C=O) groups is 1. The van der Waals surface area contributed by atoms with Gasteiger partial charge in [-0.05, 0) is 33.8 Å². The number of hydrogen-bond acceptors (Lipinski definition) is 8. The van der Waals surface area contributed by atoms with Gasteiger partial charge in [-0.15, -0.1) is 0 Å². The quantitative estimate of drug-likeness (QED) is 0.541. The maximum Gasteiger partial charge on any atom is 0.406 e. The highest BCUT2D eigenvalue weighted by Gasteiger charge is 2.65. The SMILES string of the molecule is Cc1ccn([C@@H]2O[C@@H]3COP(=O)(N[C@H](C)C(=O)OC(C)C)O[C@H]3C2(F)F)c(=O)n1. The molecule has 2 aliphatic heterocycles. The predicted octanol–water partition coefficient (Wildman–Crippen LogP) is 1.54. The zero-order valence-electron chi connectivity index (χ0n) is 16.2. The average molecular weight is 437 g/mol. The molecule has 1 aromatic rings. The predicted molar refractivity (Wildman–Crippen MR) is 94.3 cm³/mol. The second-order valence-corrected chi connectivity index (χ2v) is 8.84. The van der Waals surface area contributed by atoms with E-state index in [9.17, 15) is 22.9 Å². The summed E-state index contributed by atoms with van der Waals surface area (Å²) in [6.07, 6.45) is -4.51. The van der Waals surface area contributed by atoms with Gasteiger partial charge >= 0.3 is 25.3 Å². The monoisotopic (exact) mass is 437 g/mol. The third-order valence-corrected chi connectivity index (χ3v) is 5.99. The van der Waals surface area contributed by atoms with Crippen LogP contribution in [-0.2, 0) is 27.9 Å². The molecular weight excluding hydrogens is 415 g/mol. The zero-order chi connectivity index (χ0) is 21.6. The highest BCUT2D eigenvalue weighted by Crippen LogP contribution is 2.57. The number of alkyl halides is 2. The second-order valence-electron chi connectivity index (χ2n) is 7.12. The largest absolute Gasteiger partial charge is 0.462 e. The molecule has 0 saturated carbocycles. The molecule has 162 valence electrons. The van der Waals surface area contributed by atoms with E-state index >= 15 is 0 Å². The van der Waals surface area contributed by atoms with Gasteiger partial charge in [-0.3, -0.25) is 18.4 Å². The van der Waals surface area contributed by atoms with Crippen molar-refractivity contribution in [1.82, 2.24) is 14.6 Å². The first-order valence-corrected chi connectivity index (χ1v) is 10.5. The fraction of sp³-hybridized carbons (Fsp3) is 0.688. The number of fused-ring (bicyclic) bond motifs is 1. The van der Waals surface area contributed by atoms with Crippen molar-refractivity contribution in [3.8, 4) is 0 Å². The minimum absolute atomic E-state index is 0.362. The minimum atomic E-state index is -4.27. The highest BCUT2D eigenvalue weighted by molar-refractivity contribution is 7.51. The molecular formula is C16H22F2N3O7P. The van der Waals surface area contributed by atoms with Crippen LogP contribution in [0.3, 0.4) is 0 Å². The number of ether oxygens (including phenoxy) is 2. The number of aryl methyl sites for hydroxylation is 1. The fourth-order valence-corrected chi connectivity index (χ4v) is 4.65. The first kappa shape index (κ1) is 22.0. The molecule has 0 bridgehead atoms. The lowest BCUT2D eigenvalue weighted by atomic mass is 10.1. The van der Waals surface area contributed by atoms with E-state index in [2.05, 4.69) is 10.1 Å². The highest BCUT2D eigenvalue weighted by atomic mass is 31.2. The van der Waals surface area contributed by atoms with Gasteiger partial charge in [-0.1, -0.05) is 0 Å². The van der Waals surface area contributed by atoms with Gasteiger partial charge in [0.25, 0.3) is 0 Å². The molecule has 0 radical (unpaired) electrons. The molecule has 0 spiro atoms. The van der Waals surface area contributed by atoms with Gasteiger partial charge in [-0.2, -0.15) is 13.8 Å². The van der Waals surface area contributed by atoms with Crippen molar-refractivity contribution in [2.24, 2.45) is 0 Å². The molecule has 2 aliphatic rings. The smallest absolute Gasteiger partial charge is 0.406 e. The van der Waals surface area contributed by atoms with Crippen molar-refractivity contribution in [1.29, 1.82) is 0 Å². The number of nitrogens with one attached hydrogen (secondary N) is 1. The number of nitrogens with zero attached hydrogens (tertiary/aromatic N) is 2. The first-order valence-electron chi connectivity index (χ1n) is 8.93. The van der Waals surface area contributed by atoms with Crippen LogP contribution in [0, 0.1) is 6.92 Å². The Balaban J connectivity index is 1.78. The Morgan fingerprint density at radius 3 is 2.76 bits per heavy atom. The second kappa shape index (κ2) is 7.84. The summed E-state index contributed by atoms with van der Waals surface area (Å²) in [4.78, 5) is 27.5. The summed E-state index contributed by atoms with van der Waals surface area (Å²) in [5.41, 5.74) is -0.555. The lowest BCUT2D eigenvalue weighted by Gasteiger charge is -2.33. The minimum Gasteiger partial charge on any atom is -0.462 e. The van der Waals surface area contributed by atoms with Gasteiger partial charge in [0.1, 0.15) is 12.1 Å². The summed E-state index contributed by atoms with van der Waals surface area (Å²) in [5.74, 6) is -4.46. The van der Waals surface area contributed by atoms with E-state index in [-0.39, 0.29) is 0 Å². The number of halogens is 2. The lowest BCUT2D eigenvalue weighted by Crippen LogP contribution is -2.47. The first-order chi connectivity index (χ1) is 13.4. The summed E-state index contributed by atoms with van der Waals surface area (Å²) in [6, 6.07) is 0.254. The van der Waals surface area contributed by atoms with Crippen LogP contribution in [-0.4, -0.2) is 52.4 Å². The van der Waals surface area contributed by atoms with Crippen molar-refractivity contribution in [3.63, 3.8) is 0 Å². The van der Waals surface area contributed by atoms with Gasteiger partial charge in [0.2, 0.25) is 6.23 Å². The third-order valence-electron chi connectivity index (χ3n) is 4.29.